The smallest absolute Gasteiger partial charge is 0.139 e. The molecule has 1 unspecified atom stereocenters. The zero-order valence-electron chi connectivity index (χ0n) is 17.5. The fraction of sp³-hybridized carbons (Fsp3) is 0.913. The van der Waals surface area contributed by atoms with Crippen LogP contribution in [0.15, 0.2) is 5.16 Å². The summed E-state index contributed by atoms with van der Waals surface area (Å²) in [5.41, 5.74) is 7.24. The summed E-state index contributed by atoms with van der Waals surface area (Å²) in [5, 5.41) is 4.52. The Labute approximate surface area is 164 Å². The van der Waals surface area contributed by atoms with Crippen molar-refractivity contribution in [3.05, 3.63) is 0 Å². The molecular formula is C23H38N2O2. The van der Waals surface area contributed by atoms with Crippen LogP contribution in [0.1, 0.15) is 78.6 Å². The molecule has 0 bridgehead atoms. The van der Waals surface area contributed by atoms with Crippen molar-refractivity contribution in [1.29, 1.82) is 0 Å². The molecule has 7 atom stereocenters. The lowest BCUT2D eigenvalue weighted by atomic mass is 9.43. The molecule has 0 radical (unpaired) electrons. The van der Waals surface area contributed by atoms with Crippen LogP contribution in [0.4, 0.5) is 0 Å². The molecule has 4 aliphatic rings. The first kappa shape index (κ1) is 19.4. The van der Waals surface area contributed by atoms with Gasteiger partial charge in [0.25, 0.3) is 0 Å². The normalized spacial score (nSPS) is 48.1. The van der Waals surface area contributed by atoms with E-state index in [-0.39, 0.29) is 5.41 Å². The number of rotatable bonds is 4. The van der Waals surface area contributed by atoms with Crippen LogP contribution in [0.2, 0.25) is 0 Å². The minimum absolute atomic E-state index is 0.00807. The number of fused-ring (bicyclic) bond motifs is 5. The van der Waals surface area contributed by atoms with Gasteiger partial charge in [-0.3, -0.25) is 4.79 Å². The highest BCUT2D eigenvalue weighted by Crippen LogP contribution is 2.66. The number of oxime groups is 1. The van der Waals surface area contributed by atoms with Crippen LogP contribution in [0, 0.1) is 40.4 Å². The van der Waals surface area contributed by atoms with Crippen LogP contribution in [-0.2, 0) is 9.63 Å². The number of carbonyl (C=O) groups is 1. The van der Waals surface area contributed by atoms with Gasteiger partial charge in [-0.15, -0.1) is 0 Å². The van der Waals surface area contributed by atoms with Gasteiger partial charge in [-0.2, -0.15) is 0 Å². The van der Waals surface area contributed by atoms with Gasteiger partial charge in [0, 0.05) is 24.3 Å². The summed E-state index contributed by atoms with van der Waals surface area (Å²) in [6.45, 7) is 8.22. The first-order chi connectivity index (χ1) is 13.0. The van der Waals surface area contributed by atoms with E-state index in [9.17, 15) is 4.79 Å². The van der Waals surface area contributed by atoms with E-state index in [1.165, 1.54) is 31.4 Å². The third-order valence-electron chi connectivity index (χ3n) is 9.32. The van der Waals surface area contributed by atoms with Crippen LogP contribution in [0.5, 0.6) is 0 Å². The van der Waals surface area contributed by atoms with Gasteiger partial charge < -0.3 is 10.6 Å². The Morgan fingerprint density at radius 3 is 2.63 bits per heavy atom. The lowest BCUT2D eigenvalue weighted by molar-refractivity contribution is -0.138. The molecule has 2 N–H and O–H groups in total. The first-order valence-electron chi connectivity index (χ1n) is 11.4. The van der Waals surface area contributed by atoms with Crippen molar-refractivity contribution < 1.29 is 9.63 Å². The molecule has 0 aromatic carbocycles. The van der Waals surface area contributed by atoms with E-state index in [0.717, 1.165) is 49.9 Å². The fourth-order valence-corrected chi connectivity index (χ4v) is 7.92. The molecule has 0 saturated heterocycles. The standard InChI is InChI=1S/C23H38N2O2/c1-4-15-17-6-5-16-18-7-8-21(26)23(18,3)11-9-19(16)22(17,2)12-10-20(15)25-27-14-13-24/h15-19H,4-14,24H2,1-3H3/t15?,16-,17-,18-,19-,22-,23-/m0/s1. The Hall–Kier alpha value is -0.900. The second-order valence-corrected chi connectivity index (χ2v) is 10.2. The maximum atomic E-state index is 12.6. The third-order valence-corrected chi connectivity index (χ3v) is 9.32. The van der Waals surface area contributed by atoms with E-state index in [2.05, 4.69) is 25.9 Å². The van der Waals surface area contributed by atoms with E-state index in [0.29, 0.717) is 36.2 Å². The molecule has 4 rings (SSSR count). The van der Waals surface area contributed by atoms with Crippen molar-refractivity contribution in [1.82, 2.24) is 0 Å². The summed E-state index contributed by atoms with van der Waals surface area (Å²) in [7, 11) is 0. The molecule has 0 amide bonds. The molecule has 0 spiro atoms. The monoisotopic (exact) mass is 374 g/mol. The highest BCUT2D eigenvalue weighted by molar-refractivity contribution is 5.88. The lowest BCUT2D eigenvalue weighted by Gasteiger charge is -2.61. The minimum Gasteiger partial charge on any atom is -0.394 e. The number of nitrogens with two attached hydrogens (primary N) is 1. The molecule has 4 fully saturated rings. The quantitative estimate of drug-likeness (QED) is 0.579. The summed E-state index contributed by atoms with van der Waals surface area (Å²) in [4.78, 5) is 18.1. The maximum absolute atomic E-state index is 12.6. The summed E-state index contributed by atoms with van der Waals surface area (Å²) >= 11 is 0. The Morgan fingerprint density at radius 2 is 1.89 bits per heavy atom. The van der Waals surface area contributed by atoms with Crippen LogP contribution < -0.4 is 5.73 Å². The van der Waals surface area contributed by atoms with Crippen molar-refractivity contribution >= 4 is 11.5 Å². The largest absolute Gasteiger partial charge is 0.394 e. The van der Waals surface area contributed by atoms with E-state index in [1.54, 1.807) is 0 Å². The van der Waals surface area contributed by atoms with Gasteiger partial charge in [0.1, 0.15) is 12.4 Å². The Bertz CT molecular complexity index is 617. The molecule has 4 aliphatic carbocycles. The number of hydrogen-bond acceptors (Lipinski definition) is 4. The van der Waals surface area contributed by atoms with Crippen LogP contribution >= 0.6 is 0 Å². The molecule has 0 aromatic rings. The van der Waals surface area contributed by atoms with Crippen molar-refractivity contribution in [2.45, 2.75) is 78.6 Å². The molecule has 0 aromatic heterocycles. The SMILES string of the molecule is CCC1C(=NOCCN)CC[C@@]2(C)[C@H]1CC[C@@H]1[C@@H]2CC[C@]2(C)C(=O)CC[C@@H]12. The Morgan fingerprint density at radius 1 is 1.07 bits per heavy atom. The number of hydrogen-bond donors (Lipinski definition) is 1. The summed E-state index contributed by atoms with van der Waals surface area (Å²) in [6, 6.07) is 0. The fourth-order valence-electron chi connectivity index (χ4n) is 7.92. The van der Waals surface area contributed by atoms with Gasteiger partial charge in [0.15, 0.2) is 0 Å². The maximum Gasteiger partial charge on any atom is 0.139 e. The molecule has 152 valence electrons. The van der Waals surface area contributed by atoms with Crippen LogP contribution in [0.3, 0.4) is 0 Å². The molecule has 0 heterocycles. The van der Waals surface area contributed by atoms with Gasteiger partial charge in [0.2, 0.25) is 0 Å². The van der Waals surface area contributed by atoms with Crippen molar-refractivity contribution in [2.24, 2.45) is 51.3 Å². The average molecular weight is 375 g/mol. The molecule has 4 heteroatoms. The number of Topliss-reactive ketones (excluding diaryl/α,β-unsaturated/α-hetero) is 1. The number of ketones is 1. The number of carbonyl (C=O) groups excluding carboxylic acids is 1. The van der Waals surface area contributed by atoms with E-state index in [4.69, 9.17) is 10.6 Å². The Kier molecular flexibility index (Phi) is 5.15. The number of nitrogens with zero attached hydrogens (tertiary/aromatic N) is 1. The summed E-state index contributed by atoms with van der Waals surface area (Å²) < 4.78 is 0. The van der Waals surface area contributed by atoms with Gasteiger partial charge in [-0.1, -0.05) is 25.9 Å². The van der Waals surface area contributed by atoms with Crippen molar-refractivity contribution in [3.8, 4) is 0 Å². The molecule has 4 saturated carbocycles. The average Bonchev–Trinajstić information content (AvgIpc) is 2.97. The third kappa shape index (κ3) is 2.89. The zero-order chi connectivity index (χ0) is 19.2. The van der Waals surface area contributed by atoms with Gasteiger partial charge in [-0.05, 0) is 80.5 Å². The topological polar surface area (TPSA) is 64.7 Å². The van der Waals surface area contributed by atoms with E-state index < -0.39 is 0 Å². The second kappa shape index (κ2) is 7.17. The molecule has 27 heavy (non-hydrogen) atoms. The van der Waals surface area contributed by atoms with Crippen molar-refractivity contribution in [2.75, 3.05) is 13.2 Å². The lowest BCUT2D eigenvalue weighted by Crippen LogP contribution is -2.56. The molecule has 0 aliphatic heterocycles. The second-order valence-electron chi connectivity index (χ2n) is 10.2. The van der Waals surface area contributed by atoms with Crippen LogP contribution in [-0.4, -0.2) is 24.6 Å². The Balaban J connectivity index is 1.58. The first-order valence-corrected chi connectivity index (χ1v) is 11.4. The summed E-state index contributed by atoms with van der Waals surface area (Å²) in [5.74, 6) is 4.03. The summed E-state index contributed by atoms with van der Waals surface area (Å²) in [6.07, 6.45) is 10.4. The predicted molar refractivity (Wildman–Crippen MR) is 108 cm³/mol. The highest BCUT2D eigenvalue weighted by atomic mass is 16.6. The van der Waals surface area contributed by atoms with Crippen molar-refractivity contribution in [3.63, 3.8) is 0 Å². The van der Waals surface area contributed by atoms with Gasteiger partial charge >= 0.3 is 0 Å². The van der Waals surface area contributed by atoms with Gasteiger partial charge in [-0.25, -0.2) is 0 Å². The predicted octanol–water partition coefficient (Wildman–Crippen LogP) is 4.57. The molecule has 4 nitrogen and oxygen atoms in total. The van der Waals surface area contributed by atoms with Crippen LogP contribution in [0.25, 0.3) is 0 Å². The molecular weight excluding hydrogens is 336 g/mol. The van der Waals surface area contributed by atoms with E-state index in [1.807, 2.05) is 0 Å². The van der Waals surface area contributed by atoms with Gasteiger partial charge in [0.05, 0.1) is 5.71 Å². The van der Waals surface area contributed by atoms with E-state index >= 15 is 0 Å². The minimum atomic E-state index is -0.00807. The highest BCUT2D eigenvalue weighted by Gasteiger charge is 2.61. The zero-order valence-corrected chi connectivity index (χ0v) is 17.5.